The summed E-state index contributed by atoms with van der Waals surface area (Å²) in [6.45, 7) is 2.69. The van der Waals surface area contributed by atoms with Gasteiger partial charge in [-0.1, -0.05) is 64.6 Å². The van der Waals surface area contributed by atoms with E-state index in [4.69, 9.17) is 44.0 Å². The zero-order valence-corrected chi connectivity index (χ0v) is 19.2. The van der Waals surface area contributed by atoms with Crippen LogP contribution in [0.4, 0.5) is 5.82 Å². The van der Waals surface area contributed by atoms with Gasteiger partial charge < -0.3 is 14.5 Å². The van der Waals surface area contributed by atoms with Crippen LogP contribution in [0.5, 0.6) is 5.75 Å². The van der Waals surface area contributed by atoms with Crippen LogP contribution in [0.25, 0.3) is 0 Å². The fourth-order valence-corrected chi connectivity index (χ4v) is 4.01. The molecule has 32 heavy (non-hydrogen) atoms. The SMILES string of the molecule is Cc1cccc(Cn2ccc(NC(=O)c3ccc(COc4c(Cl)cc(Cl)cc4Cl)o3)n2)c1. The molecule has 0 saturated heterocycles. The van der Waals surface area contributed by atoms with Crippen LogP contribution in [0.1, 0.15) is 27.4 Å². The molecule has 0 saturated carbocycles. The van der Waals surface area contributed by atoms with Gasteiger partial charge in [-0.3, -0.25) is 9.48 Å². The number of carbonyl (C=O) groups is 1. The van der Waals surface area contributed by atoms with Gasteiger partial charge in [0, 0.05) is 17.3 Å². The number of nitrogens with one attached hydrogen (secondary N) is 1. The third-order valence-electron chi connectivity index (χ3n) is 4.52. The highest BCUT2D eigenvalue weighted by Crippen LogP contribution is 2.36. The Bertz CT molecular complexity index is 1240. The monoisotopic (exact) mass is 489 g/mol. The van der Waals surface area contributed by atoms with Gasteiger partial charge in [0.05, 0.1) is 16.6 Å². The van der Waals surface area contributed by atoms with Crippen LogP contribution in [0.3, 0.4) is 0 Å². The predicted molar refractivity (Wildman–Crippen MR) is 125 cm³/mol. The molecule has 0 aliphatic heterocycles. The van der Waals surface area contributed by atoms with Gasteiger partial charge in [-0.15, -0.1) is 0 Å². The van der Waals surface area contributed by atoms with Crippen LogP contribution in [0, 0.1) is 6.92 Å². The van der Waals surface area contributed by atoms with Crippen molar-refractivity contribution >= 4 is 46.5 Å². The predicted octanol–water partition coefficient (Wildman–Crippen LogP) is 6.62. The zero-order chi connectivity index (χ0) is 22.7. The molecule has 2 aromatic heterocycles. The first-order chi connectivity index (χ1) is 15.4. The lowest BCUT2D eigenvalue weighted by Gasteiger charge is -2.09. The second-order valence-electron chi connectivity index (χ2n) is 7.09. The van der Waals surface area contributed by atoms with E-state index in [0.29, 0.717) is 28.9 Å². The average Bonchev–Trinajstić information content (AvgIpc) is 3.37. The Morgan fingerprint density at radius 3 is 2.62 bits per heavy atom. The molecule has 0 aliphatic carbocycles. The summed E-state index contributed by atoms with van der Waals surface area (Å²) in [5, 5.41) is 8.09. The molecule has 2 heterocycles. The Labute approximate surface area is 199 Å². The highest BCUT2D eigenvalue weighted by Gasteiger charge is 2.15. The van der Waals surface area contributed by atoms with Crippen molar-refractivity contribution in [2.24, 2.45) is 0 Å². The van der Waals surface area contributed by atoms with Crippen molar-refractivity contribution in [2.75, 3.05) is 5.32 Å². The zero-order valence-electron chi connectivity index (χ0n) is 16.9. The van der Waals surface area contributed by atoms with Gasteiger partial charge in [0.1, 0.15) is 12.4 Å². The molecule has 0 spiro atoms. The van der Waals surface area contributed by atoms with E-state index in [0.717, 1.165) is 5.56 Å². The first kappa shape index (κ1) is 22.3. The van der Waals surface area contributed by atoms with Crippen molar-refractivity contribution in [3.63, 3.8) is 0 Å². The summed E-state index contributed by atoms with van der Waals surface area (Å²) in [6.07, 6.45) is 1.80. The number of aryl methyl sites for hydroxylation is 1. The second-order valence-corrected chi connectivity index (χ2v) is 8.35. The molecule has 9 heteroatoms. The van der Waals surface area contributed by atoms with Gasteiger partial charge in [0.2, 0.25) is 0 Å². The number of anilines is 1. The normalized spacial score (nSPS) is 10.9. The summed E-state index contributed by atoms with van der Waals surface area (Å²) >= 11 is 18.1. The fourth-order valence-electron chi connectivity index (χ4n) is 3.08. The Morgan fingerprint density at radius 2 is 1.88 bits per heavy atom. The lowest BCUT2D eigenvalue weighted by atomic mass is 10.1. The Balaban J connectivity index is 1.36. The van der Waals surface area contributed by atoms with Crippen LogP contribution < -0.4 is 10.1 Å². The molecule has 1 N–H and O–H groups in total. The lowest BCUT2D eigenvalue weighted by Crippen LogP contribution is -2.12. The highest BCUT2D eigenvalue weighted by molar-refractivity contribution is 6.40. The van der Waals surface area contributed by atoms with Crippen LogP contribution in [0.2, 0.25) is 15.1 Å². The molecule has 0 fully saturated rings. The highest BCUT2D eigenvalue weighted by atomic mass is 35.5. The number of halogens is 3. The largest absolute Gasteiger partial charge is 0.483 e. The van der Waals surface area contributed by atoms with E-state index in [9.17, 15) is 4.79 Å². The summed E-state index contributed by atoms with van der Waals surface area (Å²) < 4.78 is 13.0. The van der Waals surface area contributed by atoms with Crippen molar-refractivity contribution in [3.8, 4) is 5.75 Å². The molecular formula is C23H18Cl3N3O3. The molecule has 0 bridgehead atoms. The van der Waals surface area contributed by atoms with E-state index in [1.807, 2.05) is 25.1 Å². The van der Waals surface area contributed by atoms with Crippen molar-refractivity contribution in [1.29, 1.82) is 0 Å². The number of furan rings is 1. The molecule has 4 aromatic rings. The number of nitrogens with zero attached hydrogens (tertiary/aromatic N) is 2. The molecule has 0 aliphatic rings. The van der Waals surface area contributed by atoms with Crippen molar-refractivity contribution < 1.29 is 13.9 Å². The van der Waals surface area contributed by atoms with Gasteiger partial charge in [-0.05, 0) is 36.8 Å². The minimum absolute atomic E-state index is 0.0411. The molecule has 0 unspecified atom stereocenters. The van der Waals surface area contributed by atoms with Gasteiger partial charge >= 0.3 is 0 Å². The maximum Gasteiger partial charge on any atom is 0.292 e. The topological polar surface area (TPSA) is 69.3 Å². The van der Waals surface area contributed by atoms with E-state index in [1.54, 1.807) is 29.1 Å². The van der Waals surface area contributed by atoms with Gasteiger partial charge in [0.25, 0.3) is 5.91 Å². The third kappa shape index (κ3) is 5.46. The third-order valence-corrected chi connectivity index (χ3v) is 5.30. The smallest absolute Gasteiger partial charge is 0.292 e. The Morgan fingerprint density at radius 1 is 1.09 bits per heavy atom. The van der Waals surface area contributed by atoms with E-state index >= 15 is 0 Å². The van der Waals surface area contributed by atoms with Crippen LogP contribution in [-0.4, -0.2) is 15.7 Å². The number of hydrogen-bond donors (Lipinski definition) is 1. The molecular weight excluding hydrogens is 473 g/mol. The molecule has 1 amide bonds. The summed E-state index contributed by atoms with van der Waals surface area (Å²) in [4.78, 5) is 12.5. The minimum atomic E-state index is -0.417. The number of hydrogen-bond acceptors (Lipinski definition) is 4. The average molecular weight is 491 g/mol. The van der Waals surface area contributed by atoms with Crippen molar-refractivity contribution in [3.05, 3.63) is 98.5 Å². The number of benzene rings is 2. The molecule has 6 nitrogen and oxygen atoms in total. The first-order valence-electron chi connectivity index (χ1n) is 9.64. The first-order valence-corrected chi connectivity index (χ1v) is 10.8. The van der Waals surface area contributed by atoms with E-state index in [2.05, 4.69) is 16.5 Å². The second kappa shape index (κ2) is 9.69. The Kier molecular flexibility index (Phi) is 6.74. The van der Waals surface area contributed by atoms with Crippen molar-refractivity contribution in [1.82, 2.24) is 9.78 Å². The van der Waals surface area contributed by atoms with E-state index in [1.165, 1.54) is 17.7 Å². The fraction of sp³-hybridized carbons (Fsp3) is 0.130. The van der Waals surface area contributed by atoms with Crippen LogP contribution >= 0.6 is 34.8 Å². The summed E-state index contributed by atoms with van der Waals surface area (Å²) in [5.74, 6) is 0.864. The Hall–Kier alpha value is -2.93. The quantitative estimate of drug-likeness (QED) is 0.316. The minimum Gasteiger partial charge on any atom is -0.483 e. The molecule has 0 radical (unpaired) electrons. The standard InChI is InChI=1S/C23H18Cl3N3O3/c1-14-3-2-4-15(9-14)12-29-8-7-21(28-29)27-23(30)20-6-5-17(32-20)13-31-22-18(25)10-16(24)11-19(22)26/h2-11H,12-13H2,1H3,(H,27,28,30). The number of ether oxygens (including phenoxy) is 1. The number of aromatic nitrogens is 2. The summed E-state index contributed by atoms with van der Waals surface area (Å²) in [7, 11) is 0. The number of amides is 1. The lowest BCUT2D eigenvalue weighted by molar-refractivity contribution is 0.0992. The van der Waals surface area contributed by atoms with Gasteiger partial charge in [0.15, 0.2) is 17.3 Å². The van der Waals surface area contributed by atoms with Crippen LogP contribution in [0.15, 0.2) is 65.2 Å². The maximum atomic E-state index is 12.5. The van der Waals surface area contributed by atoms with Gasteiger partial charge in [-0.25, -0.2) is 0 Å². The van der Waals surface area contributed by atoms with Crippen LogP contribution in [-0.2, 0) is 13.2 Å². The van der Waals surface area contributed by atoms with E-state index < -0.39 is 5.91 Å². The number of rotatable bonds is 7. The van der Waals surface area contributed by atoms with E-state index in [-0.39, 0.29) is 22.4 Å². The van der Waals surface area contributed by atoms with Crippen molar-refractivity contribution in [2.45, 2.75) is 20.1 Å². The molecule has 2 aromatic carbocycles. The summed E-state index contributed by atoms with van der Waals surface area (Å²) in [6, 6.07) is 16.2. The molecule has 0 atom stereocenters. The number of carbonyl (C=O) groups excluding carboxylic acids is 1. The van der Waals surface area contributed by atoms with Gasteiger partial charge in [-0.2, -0.15) is 5.10 Å². The maximum absolute atomic E-state index is 12.5. The molecule has 164 valence electrons. The summed E-state index contributed by atoms with van der Waals surface area (Å²) in [5.41, 5.74) is 2.31. The molecule has 4 rings (SSSR count).